The lowest BCUT2D eigenvalue weighted by atomic mass is 9.76. The lowest BCUT2D eigenvalue weighted by Crippen LogP contribution is -2.47. The lowest BCUT2D eigenvalue weighted by molar-refractivity contribution is -0.134. The van der Waals surface area contributed by atoms with Gasteiger partial charge in [-0.2, -0.15) is 0 Å². The number of benzene rings is 3. The average Bonchev–Trinajstić information content (AvgIpc) is 3.34. The first-order valence-electron chi connectivity index (χ1n) is 11.5. The van der Waals surface area contributed by atoms with Crippen LogP contribution in [0.5, 0.6) is 5.75 Å². The van der Waals surface area contributed by atoms with Gasteiger partial charge in [0.2, 0.25) is 5.91 Å². The summed E-state index contributed by atoms with van der Waals surface area (Å²) in [7, 11) is 1.51. The molecule has 1 aromatic heterocycles. The van der Waals surface area contributed by atoms with Gasteiger partial charge in [-0.25, -0.2) is 4.79 Å². The molecule has 3 aromatic carbocycles. The van der Waals surface area contributed by atoms with Gasteiger partial charge in [-0.3, -0.25) is 14.5 Å². The third-order valence-corrected chi connectivity index (χ3v) is 6.93. The molecular formula is C27H23N3O5. The summed E-state index contributed by atoms with van der Waals surface area (Å²) in [6.45, 7) is -0.407. The van der Waals surface area contributed by atoms with Crippen molar-refractivity contribution in [3.8, 4) is 5.75 Å². The smallest absolute Gasteiger partial charge is 0.325 e. The van der Waals surface area contributed by atoms with E-state index >= 15 is 0 Å². The Morgan fingerprint density at radius 2 is 1.89 bits per heavy atom. The van der Waals surface area contributed by atoms with Gasteiger partial charge in [-0.15, -0.1) is 0 Å². The van der Waals surface area contributed by atoms with Gasteiger partial charge in [-0.05, 0) is 42.5 Å². The maximum atomic E-state index is 13.5. The highest BCUT2D eigenvalue weighted by atomic mass is 16.5. The zero-order valence-corrected chi connectivity index (χ0v) is 19.1. The minimum Gasteiger partial charge on any atom is -0.495 e. The zero-order chi connectivity index (χ0) is 24.2. The van der Waals surface area contributed by atoms with E-state index in [2.05, 4.69) is 10.6 Å². The highest BCUT2D eigenvalue weighted by Gasteiger charge is 2.54. The Bertz CT molecular complexity index is 1520. The summed E-state index contributed by atoms with van der Waals surface area (Å²) >= 11 is 0. The number of ether oxygens (including phenoxy) is 1. The summed E-state index contributed by atoms with van der Waals surface area (Å²) in [6, 6.07) is 18.2. The second-order valence-electron chi connectivity index (χ2n) is 8.93. The van der Waals surface area contributed by atoms with Crippen LogP contribution in [0.4, 0.5) is 10.5 Å². The van der Waals surface area contributed by atoms with Crippen LogP contribution in [-0.4, -0.2) is 36.4 Å². The second kappa shape index (κ2) is 7.87. The van der Waals surface area contributed by atoms with Gasteiger partial charge in [0.25, 0.3) is 5.91 Å². The Kier molecular flexibility index (Phi) is 4.77. The van der Waals surface area contributed by atoms with Crippen molar-refractivity contribution in [1.29, 1.82) is 0 Å². The molecule has 176 valence electrons. The number of fused-ring (bicyclic) bond motifs is 5. The molecule has 2 heterocycles. The number of hydrogen-bond donors (Lipinski definition) is 2. The normalized spacial score (nSPS) is 19.3. The largest absolute Gasteiger partial charge is 0.495 e. The Labute approximate surface area is 200 Å². The molecule has 1 unspecified atom stereocenters. The number of carbonyl (C=O) groups is 3. The number of carbonyl (C=O) groups excluding carboxylic acids is 3. The highest BCUT2D eigenvalue weighted by molar-refractivity contribution is 6.11. The molecule has 0 radical (unpaired) electrons. The van der Waals surface area contributed by atoms with Gasteiger partial charge in [0.15, 0.2) is 0 Å². The van der Waals surface area contributed by atoms with Crippen molar-refractivity contribution in [2.24, 2.45) is 0 Å². The molecule has 1 aliphatic heterocycles. The summed E-state index contributed by atoms with van der Waals surface area (Å²) in [5, 5.41) is 7.46. The van der Waals surface area contributed by atoms with Crippen LogP contribution >= 0.6 is 0 Å². The number of imide groups is 1. The van der Waals surface area contributed by atoms with Crippen LogP contribution in [0.1, 0.15) is 24.0 Å². The van der Waals surface area contributed by atoms with E-state index in [0.29, 0.717) is 23.4 Å². The molecular weight excluding hydrogens is 446 g/mol. The summed E-state index contributed by atoms with van der Waals surface area (Å²) in [5.74, 6) is -0.458. The first-order chi connectivity index (χ1) is 17.0. The van der Waals surface area contributed by atoms with E-state index in [1.54, 1.807) is 12.1 Å². The Morgan fingerprint density at radius 3 is 2.74 bits per heavy atom. The van der Waals surface area contributed by atoms with Gasteiger partial charge < -0.3 is 19.8 Å². The summed E-state index contributed by atoms with van der Waals surface area (Å²) < 4.78 is 11.4. The maximum Gasteiger partial charge on any atom is 0.325 e. The molecule has 35 heavy (non-hydrogen) atoms. The fourth-order valence-corrected chi connectivity index (χ4v) is 5.31. The van der Waals surface area contributed by atoms with Gasteiger partial charge in [0.1, 0.15) is 29.0 Å². The molecule has 2 aliphatic rings. The Hall–Kier alpha value is -4.33. The fourth-order valence-electron chi connectivity index (χ4n) is 5.31. The van der Waals surface area contributed by atoms with Crippen LogP contribution in [0.25, 0.3) is 21.9 Å². The summed E-state index contributed by atoms with van der Waals surface area (Å²) in [4.78, 5) is 40.3. The molecule has 1 aliphatic carbocycles. The number of urea groups is 1. The van der Waals surface area contributed by atoms with Crippen LogP contribution in [0.3, 0.4) is 0 Å². The summed E-state index contributed by atoms with van der Waals surface area (Å²) in [6.07, 6.45) is 2.13. The van der Waals surface area contributed by atoms with Gasteiger partial charge in [-0.1, -0.05) is 42.5 Å². The van der Waals surface area contributed by atoms with E-state index in [1.807, 2.05) is 48.5 Å². The number of anilines is 1. The number of para-hydroxylation sites is 1. The summed E-state index contributed by atoms with van der Waals surface area (Å²) in [5.41, 5.74) is 2.46. The lowest BCUT2D eigenvalue weighted by Gasteiger charge is -2.33. The first kappa shape index (κ1) is 21.2. The molecule has 1 atom stereocenters. The fraction of sp³-hybridized carbons (Fsp3) is 0.222. The molecule has 1 saturated heterocycles. The van der Waals surface area contributed by atoms with Crippen LogP contribution in [-0.2, 0) is 21.5 Å². The number of methoxy groups -OCH3 is 1. The van der Waals surface area contributed by atoms with E-state index in [1.165, 1.54) is 7.11 Å². The van der Waals surface area contributed by atoms with Crippen LogP contribution in [0.2, 0.25) is 0 Å². The van der Waals surface area contributed by atoms with Crippen molar-refractivity contribution in [3.05, 3.63) is 71.8 Å². The van der Waals surface area contributed by atoms with Gasteiger partial charge >= 0.3 is 6.03 Å². The predicted molar refractivity (Wildman–Crippen MR) is 130 cm³/mol. The molecule has 0 saturated carbocycles. The third kappa shape index (κ3) is 3.24. The molecule has 6 rings (SSSR count). The number of rotatable bonds is 4. The minimum atomic E-state index is -1.11. The number of furan rings is 1. The molecule has 8 heteroatoms. The molecule has 2 N–H and O–H groups in total. The Morgan fingerprint density at radius 1 is 1.09 bits per heavy atom. The molecule has 0 bridgehead atoms. The van der Waals surface area contributed by atoms with Crippen LogP contribution < -0.4 is 15.4 Å². The first-order valence-corrected chi connectivity index (χ1v) is 11.5. The number of amides is 4. The average molecular weight is 469 g/mol. The number of hydrogen-bond acceptors (Lipinski definition) is 5. The molecule has 4 amide bonds. The van der Waals surface area contributed by atoms with E-state index < -0.39 is 29.9 Å². The Balaban J connectivity index is 1.27. The maximum absolute atomic E-state index is 13.5. The highest BCUT2D eigenvalue weighted by Crippen LogP contribution is 2.40. The topological polar surface area (TPSA) is 101 Å². The number of aryl methyl sites for hydroxylation is 1. The molecule has 4 aromatic rings. The quantitative estimate of drug-likeness (QED) is 0.434. The number of nitrogens with zero attached hydrogens (tertiary/aromatic N) is 1. The molecule has 8 nitrogen and oxygen atoms in total. The SMILES string of the molecule is COc1cc2c(cc1NC(=O)CN1C(=O)NC3(CCCc4ccccc43)C1=O)oc1ccccc12. The predicted octanol–water partition coefficient (Wildman–Crippen LogP) is 4.32. The third-order valence-electron chi connectivity index (χ3n) is 6.93. The van der Waals surface area contributed by atoms with E-state index in [9.17, 15) is 14.4 Å². The van der Waals surface area contributed by atoms with Gasteiger partial charge in [0.05, 0.1) is 12.8 Å². The van der Waals surface area contributed by atoms with Crippen molar-refractivity contribution in [2.75, 3.05) is 19.0 Å². The van der Waals surface area contributed by atoms with Crippen molar-refractivity contribution in [1.82, 2.24) is 10.2 Å². The van der Waals surface area contributed by atoms with E-state index in [4.69, 9.17) is 9.15 Å². The number of nitrogens with one attached hydrogen (secondary N) is 2. The zero-order valence-electron chi connectivity index (χ0n) is 19.1. The van der Waals surface area contributed by atoms with Gasteiger partial charge in [0, 0.05) is 16.8 Å². The van der Waals surface area contributed by atoms with Crippen molar-refractivity contribution in [3.63, 3.8) is 0 Å². The molecule has 1 fully saturated rings. The van der Waals surface area contributed by atoms with E-state index in [-0.39, 0.29) is 0 Å². The second-order valence-corrected chi connectivity index (χ2v) is 8.93. The van der Waals surface area contributed by atoms with Crippen molar-refractivity contribution >= 4 is 45.5 Å². The van der Waals surface area contributed by atoms with Crippen LogP contribution in [0, 0.1) is 0 Å². The molecule has 1 spiro atoms. The van der Waals surface area contributed by atoms with Crippen LogP contribution in [0.15, 0.2) is 65.1 Å². The van der Waals surface area contributed by atoms with Crippen molar-refractivity contribution in [2.45, 2.75) is 24.8 Å². The minimum absolute atomic E-state index is 0.397. The van der Waals surface area contributed by atoms with E-state index in [0.717, 1.165) is 45.2 Å². The standard InChI is InChI=1S/C27H23N3O5/c1-34-23-13-18-17-9-3-5-11-21(17)35-22(18)14-20(23)28-24(31)15-30-25(32)27(29-26(30)33)12-6-8-16-7-2-4-10-19(16)27/h2-5,7,9-11,13-14H,6,8,12,15H2,1H3,(H,28,31)(H,29,33). The van der Waals surface area contributed by atoms with Crippen molar-refractivity contribution < 1.29 is 23.5 Å². The monoisotopic (exact) mass is 469 g/mol.